The van der Waals surface area contributed by atoms with Crippen LogP contribution in [-0.2, 0) is 33.2 Å². The molecular weight excluding hydrogens is 402 g/mol. The molecule has 0 fully saturated rings. The molecular formula is C15H30BrNO8. The summed E-state index contributed by atoms with van der Waals surface area (Å²) in [5.41, 5.74) is 4.80. The highest BCUT2D eigenvalue weighted by Crippen LogP contribution is 1.86. The molecule has 9 nitrogen and oxygen atoms in total. The first kappa shape index (κ1) is 24.5. The van der Waals surface area contributed by atoms with E-state index in [0.717, 1.165) is 5.33 Å². The highest BCUT2D eigenvalue weighted by atomic mass is 79.9. The number of ether oxygens (including phenoxy) is 7. The molecule has 0 spiro atoms. The van der Waals surface area contributed by atoms with Crippen molar-refractivity contribution < 1.29 is 38.0 Å². The number of rotatable bonds is 20. The van der Waals surface area contributed by atoms with Crippen LogP contribution in [0.1, 0.15) is 0 Å². The van der Waals surface area contributed by atoms with E-state index in [-0.39, 0.29) is 6.61 Å². The van der Waals surface area contributed by atoms with Gasteiger partial charge in [0.2, 0.25) is 0 Å². The molecule has 0 saturated carbocycles. The Bertz CT molecular complexity index is 286. The molecule has 0 bridgehead atoms. The average Bonchev–Trinajstić information content (AvgIpc) is 2.60. The molecule has 0 unspecified atom stereocenters. The van der Waals surface area contributed by atoms with Crippen molar-refractivity contribution in [3.63, 3.8) is 0 Å². The molecule has 1 amide bonds. The highest BCUT2D eigenvalue weighted by molar-refractivity contribution is 9.09. The summed E-state index contributed by atoms with van der Waals surface area (Å²) in [7, 11) is 0. The van der Waals surface area contributed by atoms with E-state index in [0.29, 0.717) is 79.3 Å². The summed E-state index contributed by atoms with van der Waals surface area (Å²) in [5.74, 6) is 0. The fourth-order valence-electron chi connectivity index (χ4n) is 1.46. The Labute approximate surface area is 157 Å². The lowest BCUT2D eigenvalue weighted by Gasteiger charge is -2.08. The van der Waals surface area contributed by atoms with E-state index in [1.807, 2.05) is 0 Å². The predicted molar refractivity (Wildman–Crippen MR) is 94.2 cm³/mol. The highest BCUT2D eigenvalue weighted by Gasteiger charge is 1.95. The van der Waals surface area contributed by atoms with Crippen molar-refractivity contribution in [2.24, 2.45) is 5.73 Å². The van der Waals surface area contributed by atoms with Gasteiger partial charge in [0.1, 0.15) is 6.61 Å². The third kappa shape index (κ3) is 23.5. The van der Waals surface area contributed by atoms with Crippen molar-refractivity contribution in [3.05, 3.63) is 0 Å². The van der Waals surface area contributed by atoms with Gasteiger partial charge < -0.3 is 38.9 Å². The molecule has 150 valence electrons. The van der Waals surface area contributed by atoms with Gasteiger partial charge in [-0.05, 0) is 0 Å². The van der Waals surface area contributed by atoms with Crippen LogP contribution in [0.25, 0.3) is 0 Å². The zero-order chi connectivity index (χ0) is 18.4. The molecule has 0 aromatic heterocycles. The average molecular weight is 432 g/mol. The van der Waals surface area contributed by atoms with E-state index < -0.39 is 6.09 Å². The number of carbonyl (C=O) groups excluding carboxylic acids is 1. The predicted octanol–water partition coefficient (Wildman–Crippen LogP) is 0.576. The number of amides is 1. The fraction of sp³-hybridized carbons (Fsp3) is 0.933. The van der Waals surface area contributed by atoms with Crippen molar-refractivity contribution in [2.45, 2.75) is 0 Å². The SMILES string of the molecule is NC(=O)OCCOCCOCCOCCOCCOCCOCCBr. The summed E-state index contributed by atoms with van der Waals surface area (Å²) in [6, 6.07) is 0. The van der Waals surface area contributed by atoms with Crippen molar-refractivity contribution >= 4 is 22.0 Å². The Morgan fingerprint density at radius 2 is 0.840 bits per heavy atom. The van der Waals surface area contributed by atoms with Crippen molar-refractivity contribution in [1.82, 2.24) is 0 Å². The molecule has 0 heterocycles. The molecule has 0 aliphatic carbocycles. The molecule has 10 heteroatoms. The maximum absolute atomic E-state index is 10.3. The first-order chi connectivity index (χ1) is 12.3. The van der Waals surface area contributed by atoms with Crippen molar-refractivity contribution in [2.75, 3.05) is 91.2 Å². The Hall–Kier alpha value is -0.490. The third-order valence-electron chi connectivity index (χ3n) is 2.55. The van der Waals surface area contributed by atoms with Gasteiger partial charge >= 0.3 is 6.09 Å². The van der Waals surface area contributed by atoms with Crippen LogP contribution >= 0.6 is 15.9 Å². The monoisotopic (exact) mass is 431 g/mol. The molecule has 0 aliphatic heterocycles. The van der Waals surface area contributed by atoms with Gasteiger partial charge in [0.25, 0.3) is 0 Å². The van der Waals surface area contributed by atoms with Gasteiger partial charge in [-0.1, -0.05) is 15.9 Å². The summed E-state index contributed by atoms with van der Waals surface area (Å²) < 4.78 is 36.2. The van der Waals surface area contributed by atoms with Crippen molar-refractivity contribution in [1.29, 1.82) is 0 Å². The zero-order valence-electron chi connectivity index (χ0n) is 14.6. The largest absolute Gasteiger partial charge is 0.447 e. The molecule has 0 aromatic rings. The number of carbonyl (C=O) groups is 1. The fourth-order valence-corrected chi connectivity index (χ4v) is 1.69. The van der Waals surface area contributed by atoms with Gasteiger partial charge in [0.15, 0.2) is 0 Å². The van der Waals surface area contributed by atoms with E-state index in [1.54, 1.807) is 0 Å². The van der Waals surface area contributed by atoms with Crippen LogP contribution in [0.4, 0.5) is 4.79 Å². The molecule has 2 N–H and O–H groups in total. The zero-order valence-corrected chi connectivity index (χ0v) is 16.2. The van der Waals surface area contributed by atoms with Crippen LogP contribution in [0, 0.1) is 0 Å². The Morgan fingerprint density at radius 3 is 1.12 bits per heavy atom. The summed E-state index contributed by atoms with van der Waals surface area (Å²) >= 11 is 3.28. The standard InChI is InChI=1S/C15H30BrNO8/c16-1-2-19-3-4-20-5-6-21-7-8-22-9-10-23-11-12-24-13-14-25-15(17)18/h1-14H2,(H2,17,18). The normalized spacial score (nSPS) is 10.9. The number of nitrogens with two attached hydrogens (primary N) is 1. The smallest absolute Gasteiger partial charge is 0.404 e. The second kappa shape index (κ2) is 21.6. The minimum atomic E-state index is -0.802. The molecule has 0 aliphatic rings. The van der Waals surface area contributed by atoms with Crippen LogP contribution in [0.3, 0.4) is 0 Å². The lowest BCUT2D eigenvalue weighted by molar-refractivity contribution is -0.0178. The minimum absolute atomic E-state index is 0.147. The van der Waals surface area contributed by atoms with Crippen molar-refractivity contribution in [3.8, 4) is 0 Å². The quantitative estimate of drug-likeness (QED) is 0.220. The minimum Gasteiger partial charge on any atom is -0.447 e. The molecule has 0 aromatic carbocycles. The first-order valence-corrected chi connectivity index (χ1v) is 9.34. The second-order valence-corrected chi connectivity index (χ2v) is 5.32. The lowest BCUT2D eigenvalue weighted by Crippen LogP contribution is -2.17. The maximum atomic E-state index is 10.3. The van der Waals surface area contributed by atoms with E-state index in [1.165, 1.54) is 0 Å². The van der Waals surface area contributed by atoms with Crippen LogP contribution in [0.2, 0.25) is 0 Å². The Balaban J connectivity index is 2.97. The number of halogens is 1. The number of alkyl halides is 1. The van der Waals surface area contributed by atoms with Crippen LogP contribution in [-0.4, -0.2) is 97.3 Å². The topological polar surface area (TPSA) is 108 Å². The van der Waals surface area contributed by atoms with Gasteiger partial charge in [-0.15, -0.1) is 0 Å². The maximum Gasteiger partial charge on any atom is 0.404 e. The number of hydrogen-bond donors (Lipinski definition) is 1. The summed E-state index contributed by atoms with van der Waals surface area (Å²) in [4.78, 5) is 10.3. The number of primary amides is 1. The second-order valence-electron chi connectivity index (χ2n) is 4.53. The van der Waals surface area contributed by atoms with E-state index >= 15 is 0 Å². The van der Waals surface area contributed by atoms with Gasteiger partial charge in [-0.3, -0.25) is 0 Å². The van der Waals surface area contributed by atoms with E-state index in [9.17, 15) is 4.79 Å². The molecule has 25 heavy (non-hydrogen) atoms. The van der Waals surface area contributed by atoms with E-state index in [4.69, 9.17) is 34.2 Å². The summed E-state index contributed by atoms with van der Waals surface area (Å²) in [6.07, 6.45) is -0.802. The Morgan fingerprint density at radius 1 is 0.560 bits per heavy atom. The van der Waals surface area contributed by atoms with Gasteiger partial charge in [-0.2, -0.15) is 0 Å². The Kier molecular flexibility index (Phi) is 21.1. The third-order valence-corrected chi connectivity index (χ3v) is 2.88. The van der Waals surface area contributed by atoms with Gasteiger partial charge in [-0.25, -0.2) is 4.79 Å². The summed E-state index contributed by atoms with van der Waals surface area (Å²) in [6.45, 7) is 6.29. The molecule has 0 rings (SSSR count). The van der Waals surface area contributed by atoms with Gasteiger partial charge in [0.05, 0.1) is 79.3 Å². The van der Waals surface area contributed by atoms with Crippen LogP contribution < -0.4 is 5.73 Å². The van der Waals surface area contributed by atoms with Crippen LogP contribution in [0.5, 0.6) is 0 Å². The summed E-state index contributed by atoms with van der Waals surface area (Å²) in [5, 5.41) is 0.836. The lowest BCUT2D eigenvalue weighted by atomic mass is 10.7. The molecule has 0 saturated heterocycles. The number of hydrogen-bond acceptors (Lipinski definition) is 8. The van der Waals surface area contributed by atoms with Crippen LogP contribution in [0.15, 0.2) is 0 Å². The van der Waals surface area contributed by atoms with Gasteiger partial charge in [0, 0.05) is 5.33 Å². The van der Waals surface area contributed by atoms with E-state index in [2.05, 4.69) is 20.7 Å². The molecule has 0 atom stereocenters. The molecule has 0 radical (unpaired) electrons. The first-order valence-electron chi connectivity index (χ1n) is 8.22.